The summed E-state index contributed by atoms with van der Waals surface area (Å²) in [4.78, 5) is 12.6. The van der Waals surface area contributed by atoms with Crippen molar-refractivity contribution < 1.29 is 13.2 Å². The second-order valence-electron chi connectivity index (χ2n) is 5.90. The van der Waals surface area contributed by atoms with Crippen molar-refractivity contribution in [3.8, 4) is 0 Å². The summed E-state index contributed by atoms with van der Waals surface area (Å²) in [6, 6.07) is 4.76. The van der Waals surface area contributed by atoms with Gasteiger partial charge in [-0.3, -0.25) is 4.79 Å². The minimum absolute atomic E-state index is 0. The molecule has 1 aromatic carbocycles. The van der Waals surface area contributed by atoms with E-state index in [4.69, 9.17) is 5.73 Å². The van der Waals surface area contributed by atoms with Crippen LogP contribution in [0.2, 0.25) is 0 Å². The summed E-state index contributed by atoms with van der Waals surface area (Å²) in [5.74, 6) is -0.257. The molecule has 5 nitrogen and oxygen atoms in total. The molecule has 22 heavy (non-hydrogen) atoms. The summed E-state index contributed by atoms with van der Waals surface area (Å²) in [6.07, 6.45) is 5.01. The van der Waals surface area contributed by atoms with E-state index in [9.17, 15) is 13.2 Å². The first-order valence-electron chi connectivity index (χ1n) is 7.11. The lowest BCUT2D eigenvalue weighted by atomic mass is 9.97. The molecule has 0 aliphatic heterocycles. The maximum absolute atomic E-state index is 12.4. The monoisotopic (exact) mass is 346 g/mol. The van der Waals surface area contributed by atoms with Gasteiger partial charge in [0.25, 0.3) is 5.91 Å². The quantitative estimate of drug-likeness (QED) is 0.870. The zero-order valence-electron chi connectivity index (χ0n) is 12.9. The number of carbonyl (C=O) groups excluding carboxylic acids is 1. The molecule has 2 rings (SSSR count). The van der Waals surface area contributed by atoms with Gasteiger partial charge in [0.15, 0.2) is 9.84 Å². The largest absolute Gasteiger partial charge is 0.345 e. The van der Waals surface area contributed by atoms with E-state index in [1.54, 1.807) is 19.1 Å². The van der Waals surface area contributed by atoms with Crippen LogP contribution in [-0.2, 0) is 9.84 Å². The van der Waals surface area contributed by atoms with Crippen molar-refractivity contribution in [3.63, 3.8) is 0 Å². The summed E-state index contributed by atoms with van der Waals surface area (Å²) in [6.45, 7) is 2.12. The van der Waals surface area contributed by atoms with E-state index in [0.29, 0.717) is 17.7 Å². The number of rotatable bonds is 4. The summed E-state index contributed by atoms with van der Waals surface area (Å²) in [5.41, 5.74) is 6.47. The SMILES string of the molecule is Cc1ccc(C(=O)NC2(CN)CCCC2)cc1S(C)(=O)=O.Cl. The van der Waals surface area contributed by atoms with Crippen LogP contribution in [0.25, 0.3) is 0 Å². The summed E-state index contributed by atoms with van der Waals surface area (Å²) in [7, 11) is -3.34. The highest BCUT2D eigenvalue weighted by atomic mass is 35.5. The first kappa shape index (κ1) is 18.9. The molecule has 1 aliphatic rings. The molecule has 0 atom stereocenters. The maximum atomic E-state index is 12.4. The molecular weight excluding hydrogens is 324 g/mol. The zero-order chi connectivity index (χ0) is 15.7. The van der Waals surface area contributed by atoms with Crippen LogP contribution < -0.4 is 11.1 Å². The van der Waals surface area contributed by atoms with E-state index in [0.717, 1.165) is 31.9 Å². The van der Waals surface area contributed by atoms with E-state index in [1.807, 2.05) is 0 Å². The van der Waals surface area contributed by atoms with E-state index in [1.165, 1.54) is 6.07 Å². The predicted octanol–water partition coefficient (Wildman–Crippen LogP) is 1.82. The molecule has 0 bridgehead atoms. The Labute approximate surface area is 138 Å². The van der Waals surface area contributed by atoms with Crippen molar-refractivity contribution in [1.82, 2.24) is 5.32 Å². The Morgan fingerprint density at radius 2 is 1.91 bits per heavy atom. The molecule has 1 saturated carbocycles. The predicted molar refractivity (Wildman–Crippen MR) is 89.3 cm³/mol. The number of hydrogen-bond donors (Lipinski definition) is 2. The van der Waals surface area contributed by atoms with Gasteiger partial charge in [0.2, 0.25) is 0 Å². The van der Waals surface area contributed by atoms with E-state index in [2.05, 4.69) is 5.32 Å². The third kappa shape index (κ3) is 4.00. The van der Waals surface area contributed by atoms with Crippen LogP contribution in [0.15, 0.2) is 23.1 Å². The van der Waals surface area contributed by atoms with Gasteiger partial charge in [-0.25, -0.2) is 8.42 Å². The topological polar surface area (TPSA) is 89.3 Å². The van der Waals surface area contributed by atoms with Crippen LogP contribution in [0.3, 0.4) is 0 Å². The van der Waals surface area contributed by atoms with Gasteiger partial charge >= 0.3 is 0 Å². The first-order valence-corrected chi connectivity index (χ1v) is 9.00. The molecular formula is C15H23ClN2O3S. The minimum atomic E-state index is -3.34. The molecule has 124 valence electrons. The number of nitrogens with one attached hydrogen (secondary N) is 1. The Bertz CT molecular complexity index is 653. The van der Waals surface area contributed by atoms with Crippen LogP contribution in [0.5, 0.6) is 0 Å². The van der Waals surface area contributed by atoms with Gasteiger partial charge in [0, 0.05) is 18.4 Å². The average molecular weight is 347 g/mol. The Kier molecular flexibility index (Phi) is 6.01. The second-order valence-corrected chi connectivity index (χ2v) is 7.88. The van der Waals surface area contributed by atoms with Crippen molar-refractivity contribution >= 4 is 28.2 Å². The summed E-state index contributed by atoms with van der Waals surface area (Å²) < 4.78 is 23.5. The smallest absolute Gasteiger partial charge is 0.251 e. The maximum Gasteiger partial charge on any atom is 0.251 e. The molecule has 1 aromatic rings. The fraction of sp³-hybridized carbons (Fsp3) is 0.533. The molecule has 3 N–H and O–H groups in total. The molecule has 0 heterocycles. The minimum Gasteiger partial charge on any atom is -0.345 e. The fourth-order valence-corrected chi connectivity index (χ4v) is 3.88. The number of benzene rings is 1. The van der Waals surface area contributed by atoms with E-state index in [-0.39, 0.29) is 28.7 Å². The number of aryl methyl sites for hydroxylation is 1. The van der Waals surface area contributed by atoms with Crippen molar-refractivity contribution in [2.24, 2.45) is 5.73 Å². The number of sulfone groups is 1. The molecule has 1 aliphatic carbocycles. The average Bonchev–Trinajstić information content (AvgIpc) is 2.87. The third-order valence-corrected chi connectivity index (χ3v) is 5.42. The number of halogens is 1. The van der Waals surface area contributed by atoms with Gasteiger partial charge in [-0.1, -0.05) is 18.9 Å². The van der Waals surface area contributed by atoms with Gasteiger partial charge in [0.05, 0.1) is 10.4 Å². The highest BCUT2D eigenvalue weighted by molar-refractivity contribution is 7.90. The summed E-state index contributed by atoms with van der Waals surface area (Å²) in [5, 5.41) is 3.00. The Hall–Kier alpha value is -1.11. The highest BCUT2D eigenvalue weighted by Crippen LogP contribution is 2.29. The molecule has 0 saturated heterocycles. The number of hydrogen-bond acceptors (Lipinski definition) is 4. The zero-order valence-corrected chi connectivity index (χ0v) is 14.5. The van der Waals surface area contributed by atoms with Crippen LogP contribution in [0.1, 0.15) is 41.6 Å². The van der Waals surface area contributed by atoms with E-state index < -0.39 is 9.84 Å². The van der Waals surface area contributed by atoms with Crippen LogP contribution in [-0.4, -0.2) is 32.7 Å². The molecule has 0 aromatic heterocycles. The van der Waals surface area contributed by atoms with Gasteiger partial charge in [-0.05, 0) is 37.5 Å². The van der Waals surface area contributed by atoms with Crippen molar-refractivity contribution in [1.29, 1.82) is 0 Å². The van der Waals surface area contributed by atoms with Crippen LogP contribution in [0.4, 0.5) is 0 Å². The van der Waals surface area contributed by atoms with Crippen molar-refractivity contribution in [2.75, 3.05) is 12.8 Å². The molecule has 0 spiro atoms. The van der Waals surface area contributed by atoms with Gasteiger partial charge in [-0.2, -0.15) is 0 Å². The molecule has 0 radical (unpaired) electrons. The third-order valence-electron chi connectivity index (χ3n) is 4.18. The number of carbonyl (C=O) groups is 1. The second kappa shape index (κ2) is 6.98. The van der Waals surface area contributed by atoms with Crippen LogP contribution >= 0.6 is 12.4 Å². The Balaban J connectivity index is 0.00000242. The molecule has 7 heteroatoms. The van der Waals surface area contributed by atoms with Gasteiger partial charge in [0.1, 0.15) is 0 Å². The highest BCUT2D eigenvalue weighted by Gasteiger charge is 2.34. The number of amides is 1. The molecule has 1 amide bonds. The number of nitrogens with two attached hydrogens (primary N) is 1. The lowest BCUT2D eigenvalue weighted by molar-refractivity contribution is 0.0903. The lowest BCUT2D eigenvalue weighted by Gasteiger charge is -2.28. The van der Waals surface area contributed by atoms with E-state index >= 15 is 0 Å². The first-order chi connectivity index (χ1) is 9.77. The Morgan fingerprint density at radius 3 is 2.41 bits per heavy atom. The summed E-state index contributed by atoms with van der Waals surface area (Å²) >= 11 is 0. The van der Waals surface area contributed by atoms with Crippen LogP contribution in [0, 0.1) is 6.92 Å². The lowest BCUT2D eigenvalue weighted by Crippen LogP contribution is -2.51. The van der Waals surface area contributed by atoms with Gasteiger partial charge < -0.3 is 11.1 Å². The van der Waals surface area contributed by atoms with Crippen molar-refractivity contribution in [2.45, 2.75) is 43.0 Å². The molecule has 0 unspecified atom stereocenters. The molecule has 1 fully saturated rings. The van der Waals surface area contributed by atoms with Gasteiger partial charge in [-0.15, -0.1) is 12.4 Å². The Morgan fingerprint density at radius 1 is 1.32 bits per heavy atom. The normalized spacial score (nSPS) is 16.9. The standard InChI is InChI=1S/C15H22N2O3S.ClH/c1-11-5-6-12(9-13(11)21(2,19)20)14(18)17-15(10-16)7-3-4-8-15;/h5-6,9H,3-4,7-8,10,16H2,1-2H3,(H,17,18);1H. The fourth-order valence-electron chi connectivity index (χ4n) is 2.89. The van der Waals surface area contributed by atoms with Crippen molar-refractivity contribution in [3.05, 3.63) is 29.3 Å².